The zero-order valence-corrected chi connectivity index (χ0v) is 19.4. The Morgan fingerprint density at radius 1 is 1.17 bits per heavy atom. The van der Waals surface area contributed by atoms with Crippen molar-refractivity contribution < 1.29 is 18.7 Å². The molecule has 0 atom stereocenters. The fourth-order valence-corrected chi connectivity index (χ4v) is 4.48. The molecule has 0 saturated carbocycles. The molecule has 0 unspecified atom stereocenters. The van der Waals surface area contributed by atoms with Crippen LogP contribution in [0, 0.1) is 18.6 Å². The molecule has 0 bridgehead atoms. The van der Waals surface area contributed by atoms with Gasteiger partial charge in [-0.25, -0.2) is 28.7 Å². The van der Waals surface area contributed by atoms with Gasteiger partial charge in [-0.3, -0.25) is 4.79 Å². The lowest BCUT2D eigenvalue weighted by Gasteiger charge is -2.15. The Morgan fingerprint density at radius 2 is 1.97 bits per heavy atom. The fourth-order valence-electron chi connectivity index (χ4n) is 4.48. The monoisotopic (exact) mass is 479 g/mol. The molecular formula is C24H23F2N7O2. The first-order valence-electron chi connectivity index (χ1n) is 11.2. The van der Waals surface area contributed by atoms with Crippen LogP contribution in [0.15, 0.2) is 30.5 Å². The molecule has 4 heterocycles. The Bertz CT molecular complexity index is 1470. The summed E-state index contributed by atoms with van der Waals surface area (Å²) in [6, 6.07) is 6.29. The molecule has 5 rings (SSSR count). The van der Waals surface area contributed by atoms with Gasteiger partial charge in [-0.1, -0.05) is 0 Å². The second kappa shape index (κ2) is 8.66. The highest BCUT2D eigenvalue weighted by molar-refractivity contribution is 5.96. The van der Waals surface area contributed by atoms with Gasteiger partial charge in [0.05, 0.1) is 23.1 Å². The highest BCUT2D eigenvalue weighted by Crippen LogP contribution is 2.31. The Labute approximate surface area is 199 Å². The number of aliphatic hydroxyl groups excluding tert-OH is 1. The Balaban J connectivity index is 1.49. The quantitative estimate of drug-likeness (QED) is 0.449. The van der Waals surface area contributed by atoms with Gasteiger partial charge in [0.25, 0.3) is 5.91 Å². The van der Waals surface area contributed by atoms with Crippen molar-refractivity contribution in [1.82, 2.24) is 24.5 Å². The number of anilines is 3. The number of carbonyl (C=O) groups is 1. The number of hydrogen-bond donors (Lipinski definition) is 2. The summed E-state index contributed by atoms with van der Waals surface area (Å²) in [5.41, 5.74) is 2.31. The number of halogens is 2. The van der Waals surface area contributed by atoms with Gasteiger partial charge in [0, 0.05) is 24.6 Å². The van der Waals surface area contributed by atoms with Gasteiger partial charge in [-0.05, 0) is 45.0 Å². The van der Waals surface area contributed by atoms with Gasteiger partial charge < -0.3 is 19.9 Å². The molecule has 0 radical (unpaired) electrons. The molecule has 0 aliphatic carbocycles. The number of aryl methyl sites for hydroxylation is 1. The lowest BCUT2D eigenvalue weighted by atomic mass is 10.1. The maximum absolute atomic E-state index is 14.9. The number of nitrogens with one attached hydrogen (secondary N) is 1. The van der Waals surface area contributed by atoms with Gasteiger partial charge in [-0.2, -0.15) is 0 Å². The van der Waals surface area contributed by atoms with Crippen LogP contribution in [-0.2, 0) is 11.2 Å². The van der Waals surface area contributed by atoms with E-state index in [0.29, 0.717) is 41.5 Å². The van der Waals surface area contributed by atoms with Crippen molar-refractivity contribution in [2.75, 3.05) is 23.4 Å². The summed E-state index contributed by atoms with van der Waals surface area (Å²) in [4.78, 5) is 30.4. The normalized spacial score (nSPS) is 13.1. The van der Waals surface area contributed by atoms with Crippen LogP contribution in [-0.4, -0.2) is 48.7 Å². The predicted molar refractivity (Wildman–Crippen MR) is 126 cm³/mol. The van der Waals surface area contributed by atoms with Gasteiger partial charge in [0.15, 0.2) is 11.6 Å². The fraction of sp³-hybridized carbons (Fsp3) is 0.292. The third kappa shape index (κ3) is 3.97. The SMILES string of the molecule is Cc1nc2c(F)cc(-c3nc(Nc4ccc5c(n4)CCN5C(=O)CO)ncc3F)cc2n1C(C)C. The van der Waals surface area contributed by atoms with E-state index < -0.39 is 24.1 Å². The highest BCUT2D eigenvalue weighted by Gasteiger charge is 2.25. The minimum absolute atomic E-state index is 0.0385. The first-order chi connectivity index (χ1) is 16.8. The van der Waals surface area contributed by atoms with E-state index in [1.807, 2.05) is 18.4 Å². The Kier molecular flexibility index (Phi) is 5.64. The molecule has 1 aliphatic rings. The highest BCUT2D eigenvalue weighted by atomic mass is 19.1. The average molecular weight is 479 g/mol. The number of imidazole rings is 1. The number of amides is 1. The Morgan fingerprint density at radius 3 is 2.71 bits per heavy atom. The van der Waals surface area contributed by atoms with Crippen molar-refractivity contribution in [3.63, 3.8) is 0 Å². The van der Waals surface area contributed by atoms with E-state index in [1.165, 1.54) is 11.0 Å². The molecule has 1 aromatic carbocycles. The second-order valence-electron chi connectivity index (χ2n) is 8.58. The van der Waals surface area contributed by atoms with E-state index in [-0.39, 0.29) is 28.8 Å². The van der Waals surface area contributed by atoms with Crippen molar-refractivity contribution >= 4 is 34.4 Å². The second-order valence-corrected chi connectivity index (χ2v) is 8.58. The number of carbonyl (C=O) groups excluding carboxylic acids is 1. The van der Waals surface area contributed by atoms with Gasteiger partial charge >= 0.3 is 0 Å². The summed E-state index contributed by atoms with van der Waals surface area (Å²) in [6.07, 6.45) is 1.56. The standard InChI is InChI=1S/C24H23F2N7O2/c1-12(2)33-13(3)28-23-15(25)8-14(9-19(23)33)22-16(26)10-27-24(31-22)30-20-5-4-18-17(29-20)6-7-32(18)21(35)11-34/h4-5,8-10,12,34H,6-7,11H2,1-3H3,(H,27,29,30,31). The summed E-state index contributed by atoms with van der Waals surface area (Å²) < 4.78 is 31.5. The molecule has 0 saturated heterocycles. The molecule has 0 spiro atoms. The molecule has 1 amide bonds. The van der Waals surface area contributed by atoms with Crippen molar-refractivity contribution in [3.05, 3.63) is 53.6 Å². The van der Waals surface area contributed by atoms with Gasteiger partial charge in [0.1, 0.15) is 29.5 Å². The summed E-state index contributed by atoms with van der Waals surface area (Å²) in [5, 5.41) is 12.1. The lowest BCUT2D eigenvalue weighted by Crippen LogP contribution is -2.31. The molecule has 180 valence electrons. The number of aliphatic hydroxyl groups is 1. The largest absolute Gasteiger partial charge is 0.387 e. The van der Waals surface area contributed by atoms with E-state index in [4.69, 9.17) is 5.11 Å². The first-order valence-corrected chi connectivity index (χ1v) is 11.2. The predicted octanol–water partition coefficient (Wildman–Crippen LogP) is 3.68. The van der Waals surface area contributed by atoms with E-state index in [0.717, 1.165) is 6.20 Å². The van der Waals surface area contributed by atoms with E-state index in [1.54, 1.807) is 25.1 Å². The number of rotatable bonds is 5. The van der Waals surface area contributed by atoms with E-state index >= 15 is 0 Å². The molecule has 1 aliphatic heterocycles. The first kappa shape index (κ1) is 22.8. The zero-order valence-electron chi connectivity index (χ0n) is 19.4. The van der Waals surface area contributed by atoms with Crippen LogP contribution < -0.4 is 10.2 Å². The molecule has 3 aromatic heterocycles. The molecule has 2 N–H and O–H groups in total. The van der Waals surface area contributed by atoms with Crippen LogP contribution in [0.25, 0.3) is 22.3 Å². The summed E-state index contributed by atoms with van der Waals surface area (Å²) in [7, 11) is 0. The summed E-state index contributed by atoms with van der Waals surface area (Å²) in [5.74, 6) is -0.482. The maximum atomic E-state index is 14.9. The van der Waals surface area contributed by atoms with Crippen LogP contribution in [0.5, 0.6) is 0 Å². The molecule has 35 heavy (non-hydrogen) atoms. The Hall–Kier alpha value is -3.99. The number of nitrogens with zero attached hydrogens (tertiary/aromatic N) is 6. The van der Waals surface area contributed by atoms with Crippen molar-refractivity contribution in [3.8, 4) is 11.3 Å². The molecule has 9 nitrogen and oxygen atoms in total. The summed E-state index contributed by atoms with van der Waals surface area (Å²) in [6.45, 7) is 5.59. The van der Waals surface area contributed by atoms with Crippen LogP contribution in [0.4, 0.5) is 26.2 Å². The smallest absolute Gasteiger partial charge is 0.252 e. The minimum Gasteiger partial charge on any atom is -0.387 e. The van der Waals surface area contributed by atoms with E-state index in [2.05, 4.69) is 25.3 Å². The van der Waals surface area contributed by atoms with Crippen LogP contribution >= 0.6 is 0 Å². The number of benzene rings is 1. The van der Waals surface area contributed by atoms with Gasteiger partial charge in [-0.15, -0.1) is 0 Å². The average Bonchev–Trinajstić information content (AvgIpc) is 3.40. The number of fused-ring (bicyclic) bond motifs is 2. The van der Waals surface area contributed by atoms with Crippen LogP contribution in [0.3, 0.4) is 0 Å². The van der Waals surface area contributed by atoms with Crippen LogP contribution in [0.2, 0.25) is 0 Å². The third-order valence-corrected chi connectivity index (χ3v) is 5.95. The molecule has 11 heteroatoms. The number of aromatic nitrogens is 5. The number of pyridine rings is 1. The van der Waals surface area contributed by atoms with Crippen molar-refractivity contribution in [2.24, 2.45) is 0 Å². The molecule has 4 aromatic rings. The number of hydrogen-bond acceptors (Lipinski definition) is 7. The van der Waals surface area contributed by atoms with Gasteiger partial charge in [0.2, 0.25) is 5.95 Å². The molecular weight excluding hydrogens is 456 g/mol. The summed E-state index contributed by atoms with van der Waals surface area (Å²) >= 11 is 0. The van der Waals surface area contributed by atoms with E-state index in [9.17, 15) is 13.6 Å². The zero-order chi connectivity index (χ0) is 24.9. The lowest BCUT2D eigenvalue weighted by molar-refractivity contribution is -0.121. The topological polar surface area (TPSA) is 109 Å². The van der Waals surface area contributed by atoms with Crippen LogP contribution in [0.1, 0.15) is 31.4 Å². The third-order valence-electron chi connectivity index (χ3n) is 5.95. The maximum Gasteiger partial charge on any atom is 0.252 e. The van der Waals surface area contributed by atoms with Crippen molar-refractivity contribution in [1.29, 1.82) is 0 Å². The molecule has 0 fully saturated rings. The van der Waals surface area contributed by atoms with Crippen molar-refractivity contribution in [2.45, 2.75) is 33.2 Å². The minimum atomic E-state index is -0.693.